The van der Waals surface area contributed by atoms with Crippen LogP contribution in [0.4, 0.5) is 11.4 Å². The van der Waals surface area contributed by atoms with Gasteiger partial charge in [-0.15, -0.1) is 0 Å². The highest BCUT2D eigenvalue weighted by molar-refractivity contribution is 6.07. The molecule has 136 valence electrons. The molecule has 2 aromatic rings. The molecule has 0 heterocycles. The van der Waals surface area contributed by atoms with Gasteiger partial charge in [-0.05, 0) is 18.2 Å². The molecule has 2 aromatic carbocycles. The quantitative estimate of drug-likeness (QED) is 0.478. The Morgan fingerprint density at radius 3 is 2.27 bits per heavy atom. The third kappa shape index (κ3) is 4.07. The number of amides is 1. The predicted octanol–water partition coefficient (Wildman–Crippen LogP) is 2.65. The summed E-state index contributed by atoms with van der Waals surface area (Å²) in [6.45, 7) is 0. The summed E-state index contributed by atoms with van der Waals surface area (Å²) in [5, 5.41) is 13.7. The Labute approximate surface area is 148 Å². The van der Waals surface area contributed by atoms with Gasteiger partial charge in [0.1, 0.15) is 11.5 Å². The van der Waals surface area contributed by atoms with E-state index < -0.39 is 22.5 Å². The molecule has 0 aliphatic carbocycles. The molecular weight excluding hydrogens is 344 g/mol. The predicted molar refractivity (Wildman–Crippen MR) is 91.9 cm³/mol. The Hall–Kier alpha value is -3.62. The molecule has 0 aromatic heterocycles. The third-order valence-corrected chi connectivity index (χ3v) is 3.47. The minimum absolute atomic E-state index is 0.0792. The van der Waals surface area contributed by atoms with Gasteiger partial charge < -0.3 is 19.5 Å². The van der Waals surface area contributed by atoms with Crippen molar-refractivity contribution in [3.8, 4) is 11.5 Å². The lowest BCUT2D eigenvalue weighted by molar-refractivity contribution is -0.384. The Morgan fingerprint density at radius 1 is 1.00 bits per heavy atom. The maximum absolute atomic E-state index is 12.5. The minimum Gasteiger partial charge on any atom is -0.497 e. The van der Waals surface area contributed by atoms with E-state index in [-0.39, 0.29) is 11.1 Å². The lowest BCUT2D eigenvalue weighted by atomic mass is 10.1. The number of esters is 1. The molecule has 0 fully saturated rings. The van der Waals surface area contributed by atoms with Crippen LogP contribution in [0.25, 0.3) is 0 Å². The van der Waals surface area contributed by atoms with E-state index in [9.17, 15) is 19.7 Å². The number of hydrogen-bond acceptors (Lipinski definition) is 7. The van der Waals surface area contributed by atoms with Gasteiger partial charge >= 0.3 is 5.97 Å². The van der Waals surface area contributed by atoms with E-state index >= 15 is 0 Å². The van der Waals surface area contributed by atoms with Crippen molar-refractivity contribution >= 4 is 23.3 Å². The van der Waals surface area contributed by atoms with Crippen molar-refractivity contribution in [2.45, 2.75) is 0 Å². The van der Waals surface area contributed by atoms with Gasteiger partial charge in [-0.1, -0.05) is 0 Å². The molecule has 0 aliphatic heterocycles. The second-order valence-corrected chi connectivity index (χ2v) is 5.04. The van der Waals surface area contributed by atoms with E-state index in [0.717, 1.165) is 19.2 Å². The molecule has 0 atom stereocenters. The first-order valence-electron chi connectivity index (χ1n) is 7.30. The zero-order valence-corrected chi connectivity index (χ0v) is 14.3. The Bertz CT molecular complexity index is 864. The van der Waals surface area contributed by atoms with Crippen LogP contribution in [0.15, 0.2) is 36.4 Å². The molecule has 0 saturated carbocycles. The van der Waals surface area contributed by atoms with Gasteiger partial charge in [0.15, 0.2) is 0 Å². The molecule has 9 heteroatoms. The van der Waals surface area contributed by atoms with Gasteiger partial charge in [-0.25, -0.2) is 4.79 Å². The van der Waals surface area contributed by atoms with Crippen molar-refractivity contribution < 1.29 is 28.7 Å². The number of non-ortho nitro benzene ring substituents is 1. The van der Waals surface area contributed by atoms with Crippen LogP contribution in [0.1, 0.15) is 20.7 Å². The molecule has 9 nitrogen and oxygen atoms in total. The van der Waals surface area contributed by atoms with Crippen LogP contribution >= 0.6 is 0 Å². The van der Waals surface area contributed by atoms with Gasteiger partial charge in [-0.2, -0.15) is 0 Å². The Kier molecular flexibility index (Phi) is 5.74. The van der Waals surface area contributed by atoms with E-state index in [2.05, 4.69) is 10.1 Å². The number of ether oxygens (including phenoxy) is 3. The highest BCUT2D eigenvalue weighted by Gasteiger charge is 2.19. The number of nitro benzene ring substituents is 1. The highest BCUT2D eigenvalue weighted by Crippen LogP contribution is 2.29. The van der Waals surface area contributed by atoms with Gasteiger partial charge in [0.25, 0.3) is 11.6 Å². The molecule has 1 amide bonds. The van der Waals surface area contributed by atoms with E-state index in [1.54, 1.807) is 12.1 Å². The van der Waals surface area contributed by atoms with Gasteiger partial charge in [-0.3, -0.25) is 14.9 Å². The zero-order chi connectivity index (χ0) is 19.3. The van der Waals surface area contributed by atoms with Crippen molar-refractivity contribution in [3.63, 3.8) is 0 Å². The van der Waals surface area contributed by atoms with E-state index in [0.29, 0.717) is 17.2 Å². The fourth-order valence-corrected chi connectivity index (χ4v) is 2.19. The highest BCUT2D eigenvalue weighted by atomic mass is 16.6. The molecule has 2 rings (SSSR count). The normalized spacial score (nSPS) is 9.96. The molecule has 0 spiro atoms. The van der Waals surface area contributed by atoms with E-state index in [1.165, 1.54) is 26.4 Å². The summed E-state index contributed by atoms with van der Waals surface area (Å²) in [5.74, 6) is -0.597. The maximum atomic E-state index is 12.5. The summed E-state index contributed by atoms with van der Waals surface area (Å²) in [6.07, 6.45) is 0. The number of nitrogens with zero attached hydrogens (tertiary/aromatic N) is 1. The SMILES string of the molecule is COC(=O)c1cc(C(=O)Nc2cc(OC)ccc2OC)cc([N+](=O)[O-])c1. The molecule has 0 bridgehead atoms. The molecular formula is C17H16N2O7. The number of rotatable bonds is 6. The minimum atomic E-state index is -0.790. The summed E-state index contributed by atoms with van der Waals surface area (Å²) in [4.78, 5) is 34.6. The topological polar surface area (TPSA) is 117 Å². The molecule has 1 N–H and O–H groups in total. The van der Waals surface area contributed by atoms with Crippen LogP contribution in [0.3, 0.4) is 0 Å². The maximum Gasteiger partial charge on any atom is 0.338 e. The van der Waals surface area contributed by atoms with Gasteiger partial charge in [0.05, 0.1) is 37.5 Å². The van der Waals surface area contributed by atoms with Crippen LogP contribution in [-0.4, -0.2) is 38.1 Å². The summed E-state index contributed by atoms with van der Waals surface area (Å²) < 4.78 is 14.8. The average molecular weight is 360 g/mol. The fourth-order valence-electron chi connectivity index (χ4n) is 2.19. The summed E-state index contributed by atoms with van der Waals surface area (Å²) in [7, 11) is 4.04. The van der Waals surface area contributed by atoms with Gasteiger partial charge in [0.2, 0.25) is 0 Å². The third-order valence-electron chi connectivity index (χ3n) is 3.47. The fraction of sp³-hybridized carbons (Fsp3) is 0.176. The monoisotopic (exact) mass is 360 g/mol. The van der Waals surface area contributed by atoms with Crippen LogP contribution in [-0.2, 0) is 4.74 Å². The number of nitrogens with one attached hydrogen (secondary N) is 1. The van der Waals surface area contributed by atoms with Crippen molar-refractivity contribution in [1.29, 1.82) is 0 Å². The summed E-state index contributed by atoms with van der Waals surface area (Å²) in [6, 6.07) is 8.10. The molecule has 0 radical (unpaired) electrons. The number of methoxy groups -OCH3 is 3. The second kappa shape index (κ2) is 7.97. The van der Waals surface area contributed by atoms with Crippen LogP contribution in [0, 0.1) is 10.1 Å². The van der Waals surface area contributed by atoms with E-state index in [4.69, 9.17) is 9.47 Å². The van der Waals surface area contributed by atoms with Crippen molar-refractivity contribution in [2.75, 3.05) is 26.6 Å². The number of carbonyl (C=O) groups is 2. The first-order valence-corrected chi connectivity index (χ1v) is 7.30. The first kappa shape index (κ1) is 18.7. The van der Waals surface area contributed by atoms with Crippen molar-refractivity contribution in [3.05, 3.63) is 57.6 Å². The van der Waals surface area contributed by atoms with Crippen molar-refractivity contribution in [1.82, 2.24) is 0 Å². The Morgan fingerprint density at radius 2 is 1.69 bits per heavy atom. The number of hydrogen-bond donors (Lipinski definition) is 1. The van der Waals surface area contributed by atoms with Gasteiger partial charge in [0, 0.05) is 23.8 Å². The Balaban J connectivity index is 2.42. The molecule has 0 saturated heterocycles. The van der Waals surface area contributed by atoms with Crippen molar-refractivity contribution in [2.24, 2.45) is 0 Å². The number of anilines is 1. The van der Waals surface area contributed by atoms with Crippen LogP contribution in [0.2, 0.25) is 0 Å². The molecule has 26 heavy (non-hydrogen) atoms. The van der Waals surface area contributed by atoms with E-state index in [1.807, 2.05) is 0 Å². The lowest BCUT2D eigenvalue weighted by Gasteiger charge is -2.12. The number of nitro groups is 1. The lowest BCUT2D eigenvalue weighted by Crippen LogP contribution is -2.14. The molecule has 0 unspecified atom stereocenters. The zero-order valence-electron chi connectivity index (χ0n) is 14.3. The summed E-state index contributed by atoms with van der Waals surface area (Å²) in [5.41, 5.74) is -0.285. The van der Waals surface area contributed by atoms with Crippen LogP contribution in [0.5, 0.6) is 11.5 Å². The standard InChI is InChI=1S/C17H16N2O7/c1-24-13-4-5-15(25-2)14(9-13)18-16(20)10-6-11(17(21)26-3)8-12(7-10)19(22)23/h4-9H,1-3H3,(H,18,20). The summed E-state index contributed by atoms with van der Waals surface area (Å²) >= 11 is 0. The largest absolute Gasteiger partial charge is 0.497 e. The first-order chi connectivity index (χ1) is 12.4. The number of benzene rings is 2. The van der Waals surface area contributed by atoms with Crippen LogP contribution < -0.4 is 14.8 Å². The second-order valence-electron chi connectivity index (χ2n) is 5.04. The number of carbonyl (C=O) groups excluding carboxylic acids is 2. The molecule has 0 aliphatic rings. The smallest absolute Gasteiger partial charge is 0.338 e. The average Bonchev–Trinajstić information content (AvgIpc) is 2.66.